The summed E-state index contributed by atoms with van der Waals surface area (Å²) in [7, 11) is 0. The fourth-order valence-electron chi connectivity index (χ4n) is 2.41. The lowest BCUT2D eigenvalue weighted by molar-refractivity contribution is -0.00640. The molecular formula is C15H19N3O2. The number of ether oxygens (including phenoxy) is 1. The van der Waals surface area contributed by atoms with E-state index in [0.717, 1.165) is 29.7 Å². The second-order valence-electron chi connectivity index (χ2n) is 6.14. The van der Waals surface area contributed by atoms with E-state index in [2.05, 4.69) is 16.0 Å². The first-order chi connectivity index (χ1) is 9.44. The Bertz CT molecular complexity index is 609. The third kappa shape index (κ3) is 2.35. The molecule has 20 heavy (non-hydrogen) atoms. The van der Waals surface area contributed by atoms with Gasteiger partial charge in [0.15, 0.2) is 0 Å². The van der Waals surface area contributed by atoms with Crippen molar-refractivity contribution in [1.29, 1.82) is 0 Å². The first-order valence-corrected chi connectivity index (χ1v) is 6.87. The van der Waals surface area contributed by atoms with Crippen LogP contribution in [0.15, 0.2) is 24.4 Å². The van der Waals surface area contributed by atoms with E-state index >= 15 is 0 Å². The number of pyridine rings is 1. The molecule has 1 N–H and O–H groups in total. The van der Waals surface area contributed by atoms with Gasteiger partial charge in [0.25, 0.3) is 0 Å². The van der Waals surface area contributed by atoms with Crippen LogP contribution in [0.3, 0.4) is 0 Å². The monoisotopic (exact) mass is 273 g/mol. The molecule has 5 nitrogen and oxygen atoms in total. The number of H-pyrrole nitrogens is 1. The molecule has 1 atom stereocenters. The highest BCUT2D eigenvalue weighted by molar-refractivity contribution is 5.77. The number of carbonyl (C=O) groups excluding carboxylic acids is 1. The van der Waals surface area contributed by atoms with E-state index in [1.807, 2.05) is 32.9 Å². The summed E-state index contributed by atoms with van der Waals surface area (Å²) in [4.78, 5) is 21.4. The fourth-order valence-corrected chi connectivity index (χ4v) is 2.41. The maximum Gasteiger partial charge on any atom is 0.410 e. The van der Waals surface area contributed by atoms with Crippen molar-refractivity contribution in [1.82, 2.24) is 14.9 Å². The summed E-state index contributed by atoms with van der Waals surface area (Å²) in [5, 5.41) is 1.07. The normalized spacial score (nSPS) is 18.9. The Hall–Kier alpha value is -2.04. The Morgan fingerprint density at radius 1 is 1.50 bits per heavy atom. The maximum atomic E-state index is 12.1. The van der Waals surface area contributed by atoms with Crippen molar-refractivity contribution in [3.05, 3.63) is 30.1 Å². The minimum atomic E-state index is -0.459. The number of amides is 1. The number of hydrogen-bond donors (Lipinski definition) is 1. The molecule has 3 heterocycles. The van der Waals surface area contributed by atoms with Crippen LogP contribution in [0.1, 0.15) is 38.9 Å². The average molecular weight is 273 g/mol. The Balaban J connectivity index is 1.79. The van der Waals surface area contributed by atoms with Crippen molar-refractivity contribution in [3.63, 3.8) is 0 Å². The van der Waals surface area contributed by atoms with Crippen molar-refractivity contribution in [2.75, 3.05) is 6.54 Å². The SMILES string of the molecule is CC(C)(C)OC(=O)N1CCC1c1cc2cccnc2[nH]1. The number of nitrogens with one attached hydrogen (secondary N) is 1. The van der Waals surface area contributed by atoms with Gasteiger partial charge in [-0.3, -0.25) is 4.90 Å². The summed E-state index contributed by atoms with van der Waals surface area (Å²) in [5.41, 5.74) is 1.42. The highest BCUT2D eigenvalue weighted by atomic mass is 16.6. The zero-order valence-corrected chi connectivity index (χ0v) is 12.0. The fraction of sp³-hybridized carbons (Fsp3) is 0.467. The molecule has 1 aliphatic rings. The van der Waals surface area contributed by atoms with Crippen LogP contribution < -0.4 is 0 Å². The van der Waals surface area contributed by atoms with Crippen LogP contribution in [0.4, 0.5) is 4.79 Å². The van der Waals surface area contributed by atoms with Crippen LogP contribution in [0.2, 0.25) is 0 Å². The van der Waals surface area contributed by atoms with Gasteiger partial charge in [0.2, 0.25) is 0 Å². The molecule has 2 aromatic heterocycles. The summed E-state index contributed by atoms with van der Waals surface area (Å²) >= 11 is 0. The van der Waals surface area contributed by atoms with Gasteiger partial charge in [-0.1, -0.05) is 0 Å². The van der Waals surface area contributed by atoms with Crippen LogP contribution in [0.5, 0.6) is 0 Å². The minimum Gasteiger partial charge on any atom is -0.444 e. The molecule has 1 saturated heterocycles. The molecule has 5 heteroatoms. The van der Waals surface area contributed by atoms with Gasteiger partial charge in [0, 0.05) is 23.8 Å². The van der Waals surface area contributed by atoms with E-state index in [1.54, 1.807) is 11.1 Å². The van der Waals surface area contributed by atoms with E-state index in [1.165, 1.54) is 0 Å². The molecule has 0 saturated carbocycles. The summed E-state index contributed by atoms with van der Waals surface area (Å²) in [5.74, 6) is 0. The Kier molecular flexibility index (Phi) is 2.92. The molecule has 0 radical (unpaired) electrons. The van der Waals surface area contributed by atoms with Gasteiger partial charge in [-0.2, -0.15) is 0 Å². The van der Waals surface area contributed by atoms with Crippen LogP contribution in [0, 0.1) is 0 Å². The summed E-state index contributed by atoms with van der Waals surface area (Å²) < 4.78 is 5.42. The number of fused-ring (bicyclic) bond motifs is 1. The Morgan fingerprint density at radius 2 is 2.30 bits per heavy atom. The first-order valence-electron chi connectivity index (χ1n) is 6.87. The van der Waals surface area contributed by atoms with Crippen LogP contribution >= 0.6 is 0 Å². The van der Waals surface area contributed by atoms with Crippen molar-refractivity contribution in [2.24, 2.45) is 0 Å². The standard InChI is InChI=1S/C15H19N3O2/c1-15(2,3)20-14(19)18-8-6-12(18)11-9-10-5-4-7-16-13(10)17-11/h4-5,7,9,12H,6,8H2,1-3H3,(H,16,17). The number of aromatic nitrogens is 2. The number of rotatable bonds is 1. The quantitative estimate of drug-likeness (QED) is 0.867. The number of aromatic amines is 1. The molecule has 2 aromatic rings. The smallest absolute Gasteiger partial charge is 0.410 e. The third-order valence-corrected chi connectivity index (χ3v) is 3.42. The Labute approximate surface area is 117 Å². The minimum absolute atomic E-state index is 0.0686. The molecule has 0 aromatic carbocycles. The summed E-state index contributed by atoms with van der Waals surface area (Å²) in [6, 6.07) is 6.05. The van der Waals surface area contributed by atoms with Crippen molar-refractivity contribution < 1.29 is 9.53 Å². The zero-order valence-electron chi connectivity index (χ0n) is 12.0. The maximum absolute atomic E-state index is 12.1. The van der Waals surface area contributed by atoms with Crippen LogP contribution in [-0.2, 0) is 4.74 Å². The third-order valence-electron chi connectivity index (χ3n) is 3.42. The molecule has 1 amide bonds. The molecule has 1 unspecified atom stereocenters. The van der Waals surface area contributed by atoms with E-state index in [4.69, 9.17) is 4.74 Å². The first kappa shape index (κ1) is 13.0. The number of likely N-dealkylation sites (tertiary alicyclic amines) is 1. The lowest BCUT2D eigenvalue weighted by Gasteiger charge is -2.40. The summed E-state index contributed by atoms with van der Waals surface area (Å²) in [6.07, 6.45) is 2.46. The topological polar surface area (TPSA) is 58.2 Å². The van der Waals surface area contributed by atoms with Gasteiger partial charge in [0.1, 0.15) is 11.2 Å². The molecular weight excluding hydrogens is 254 g/mol. The van der Waals surface area contributed by atoms with Crippen molar-refractivity contribution in [2.45, 2.75) is 38.8 Å². The second-order valence-corrected chi connectivity index (χ2v) is 6.14. The zero-order chi connectivity index (χ0) is 14.3. The number of carbonyl (C=O) groups is 1. The van der Waals surface area contributed by atoms with Gasteiger partial charge in [-0.25, -0.2) is 9.78 Å². The van der Waals surface area contributed by atoms with Gasteiger partial charge < -0.3 is 9.72 Å². The van der Waals surface area contributed by atoms with E-state index < -0.39 is 5.60 Å². The highest BCUT2D eigenvalue weighted by Crippen LogP contribution is 2.35. The molecule has 3 rings (SSSR count). The molecule has 1 aliphatic heterocycles. The average Bonchev–Trinajstić information content (AvgIpc) is 2.67. The largest absolute Gasteiger partial charge is 0.444 e. The van der Waals surface area contributed by atoms with E-state index in [9.17, 15) is 4.79 Å². The predicted molar refractivity (Wildman–Crippen MR) is 76.4 cm³/mol. The molecule has 0 bridgehead atoms. The number of hydrogen-bond acceptors (Lipinski definition) is 3. The molecule has 0 spiro atoms. The van der Waals surface area contributed by atoms with E-state index in [-0.39, 0.29) is 12.1 Å². The van der Waals surface area contributed by atoms with Gasteiger partial charge in [-0.15, -0.1) is 0 Å². The van der Waals surface area contributed by atoms with Gasteiger partial charge >= 0.3 is 6.09 Å². The van der Waals surface area contributed by atoms with E-state index in [0.29, 0.717) is 0 Å². The second kappa shape index (κ2) is 4.51. The van der Waals surface area contributed by atoms with Crippen molar-refractivity contribution >= 4 is 17.1 Å². The van der Waals surface area contributed by atoms with Gasteiger partial charge in [-0.05, 0) is 45.4 Å². The van der Waals surface area contributed by atoms with Crippen LogP contribution in [-0.4, -0.2) is 33.1 Å². The van der Waals surface area contributed by atoms with Crippen LogP contribution in [0.25, 0.3) is 11.0 Å². The lowest BCUT2D eigenvalue weighted by atomic mass is 10.0. The predicted octanol–water partition coefficient (Wildman–Crippen LogP) is 3.24. The molecule has 0 aliphatic carbocycles. The summed E-state index contributed by atoms with van der Waals surface area (Å²) in [6.45, 7) is 6.38. The van der Waals surface area contributed by atoms with Gasteiger partial charge in [0.05, 0.1) is 6.04 Å². The number of nitrogens with zero attached hydrogens (tertiary/aromatic N) is 2. The lowest BCUT2D eigenvalue weighted by Crippen LogP contribution is -2.47. The Morgan fingerprint density at radius 3 is 2.90 bits per heavy atom. The highest BCUT2D eigenvalue weighted by Gasteiger charge is 2.37. The van der Waals surface area contributed by atoms with Crippen molar-refractivity contribution in [3.8, 4) is 0 Å². The molecule has 106 valence electrons. The molecule has 1 fully saturated rings.